The van der Waals surface area contributed by atoms with Crippen molar-refractivity contribution in [2.75, 3.05) is 11.6 Å². The van der Waals surface area contributed by atoms with Crippen LogP contribution in [0.4, 0.5) is 5.95 Å². The van der Waals surface area contributed by atoms with Crippen molar-refractivity contribution in [2.45, 2.75) is 11.2 Å². The van der Waals surface area contributed by atoms with E-state index in [9.17, 15) is 5.26 Å². The van der Waals surface area contributed by atoms with Crippen LogP contribution in [0.1, 0.15) is 11.6 Å². The van der Waals surface area contributed by atoms with E-state index in [1.165, 1.54) is 11.8 Å². The molecule has 0 amide bonds. The predicted octanol–water partition coefficient (Wildman–Crippen LogP) is 1.71. The van der Waals surface area contributed by atoms with Gasteiger partial charge in [-0.05, 0) is 11.8 Å². The number of thioether (sulfide) groups is 1. The minimum absolute atomic E-state index is 0.328. The minimum Gasteiger partial charge on any atom is -0.384 e. The van der Waals surface area contributed by atoms with Gasteiger partial charge in [0.05, 0.1) is 5.57 Å². The van der Waals surface area contributed by atoms with Crippen LogP contribution in [0.2, 0.25) is 0 Å². The number of hydrogen-bond acceptors (Lipinski definition) is 6. The molecular weight excluding hydrogens is 272 g/mol. The van der Waals surface area contributed by atoms with Gasteiger partial charge in [0.1, 0.15) is 17.9 Å². The molecule has 2 aromatic rings. The van der Waals surface area contributed by atoms with Crippen molar-refractivity contribution < 1.29 is 0 Å². The van der Waals surface area contributed by atoms with Crippen LogP contribution in [0.5, 0.6) is 0 Å². The van der Waals surface area contributed by atoms with Gasteiger partial charge in [0, 0.05) is 0 Å². The van der Waals surface area contributed by atoms with Crippen molar-refractivity contribution in [1.82, 2.24) is 14.8 Å². The Kier molecular flexibility index (Phi) is 3.08. The summed E-state index contributed by atoms with van der Waals surface area (Å²) in [6.07, 6.45) is 1.90. The Morgan fingerprint density at radius 1 is 1.40 bits per heavy atom. The number of nitriles is 1. The average molecular weight is 284 g/mol. The highest BCUT2D eigenvalue weighted by molar-refractivity contribution is 7.98. The second-order valence-electron chi connectivity index (χ2n) is 4.24. The highest BCUT2D eigenvalue weighted by atomic mass is 32.2. The maximum absolute atomic E-state index is 9.39. The monoisotopic (exact) mass is 284 g/mol. The SMILES string of the molecule is CSc1nc2n(n1)[C@@H](c1ccccc1)C(C#N)=C(N)N2. The zero-order valence-corrected chi connectivity index (χ0v) is 11.6. The van der Waals surface area contributed by atoms with Gasteiger partial charge in [0.25, 0.3) is 0 Å². The maximum Gasteiger partial charge on any atom is 0.228 e. The van der Waals surface area contributed by atoms with Crippen molar-refractivity contribution in [3.05, 3.63) is 47.3 Å². The van der Waals surface area contributed by atoms with Crippen LogP contribution >= 0.6 is 11.8 Å². The van der Waals surface area contributed by atoms with Gasteiger partial charge in [-0.25, -0.2) is 4.68 Å². The fourth-order valence-electron chi connectivity index (χ4n) is 2.18. The largest absolute Gasteiger partial charge is 0.384 e. The fourth-order valence-corrected chi connectivity index (χ4v) is 2.52. The first kappa shape index (κ1) is 12.6. The second-order valence-corrected chi connectivity index (χ2v) is 5.02. The smallest absolute Gasteiger partial charge is 0.228 e. The lowest BCUT2D eigenvalue weighted by Gasteiger charge is -2.25. The molecule has 0 saturated heterocycles. The molecule has 100 valence electrons. The quantitative estimate of drug-likeness (QED) is 0.816. The van der Waals surface area contributed by atoms with E-state index < -0.39 is 0 Å². The van der Waals surface area contributed by atoms with Crippen molar-refractivity contribution in [2.24, 2.45) is 5.73 Å². The van der Waals surface area contributed by atoms with Crippen LogP contribution in [0, 0.1) is 11.3 Å². The topological polar surface area (TPSA) is 92.5 Å². The first-order chi connectivity index (χ1) is 9.74. The first-order valence-corrected chi connectivity index (χ1v) is 7.19. The number of nitrogens with one attached hydrogen (secondary N) is 1. The standard InChI is InChI=1S/C13H12N6S/c1-20-13-17-12-16-11(15)9(7-14)10(19(12)18-13)8-5-3-2-4-6-8/h2-6,10H,15H2,1H3,(H,16,17,18)/t10-/m0/s1. The zero-order valence-electron chi connectivity index (χ0n) is 10.7. The summed E-state index contributed by atoms with van der Waals surface area (Å²) in [4.78, 5) is 4.34. The number of allylic oxidation sites excluding steroid dienone is 1. The van der Waals surface area contributed by atoms with Gasteiger partial charge in [-0.1, -0.05) is 42.1 Å². The van der Waals surface area contributed by atoms with Crippen LogP contribution < -0.4 is 11.1 Å². The molecule has 1 aromatic heterocycles. The minimum atomic E-state index is -0.342. The van der Waals surface area contributed by atoms with Gasteiger partial charge in [-0.15, -0.1) is 5.10 Å². The third-order valence-electron chi connectivity index (χ3n) is 3.08. The van der Waals surface area contributed by atoms with E-state index in [4.69, 9.17) is 5.73 Å². The van der Waals surface area contributed by atoms with Crippen LogP contribution in [-0.4, -0.2) is 21.0 Å². The normalized spacial score (nSPS) is 17.3. The number of hydrogen-bond donors (Lipinski definition) is 2. The van der Waals surface area contributed by atoms with Gasteiger partial charge in [0.2, 0.25) is 11.1 Å². The fraction of sp³-hybridized carbons (Fsp3) is 0.154. The zero-order chi connectivity index (χ0) is 14.1. The van der Waals surface area contributed by atoms with E-state index in [1.807, 2.05) is 36.6 Å². The number of nitrogens with zero attached hydrogens (tertiary/aromatic N) is 4. The molecule has 1 atom stereocenters. The molecule has 2 heterocycles. The molecule has 1 aliphatic heterocycles. The van der Waals surface area contributed by atoms with E-state index in [1.54, 1.807) is 4.68 Å². The molecule has 7 heteroatoms. The molecule has 0 fully saturated rings. The van der Waals surface area contributed by atoms with Gasteiger partial charge in [-0.3, -0.25) is 0 Å². The third kappa shape index (κ3) is 1.90. The van der Waals surface area contributed by atoms with Gasteiger partial charge in [0.15, 0.2) is 0 Å². The Morgan fingerprint density at radius 3 is 2.80 bits per heavy atom. The van der Waals surface area contributed by atoms with E-state index in [0.29, 0.717) is 22.5 Å². The van der Waals surface area contributed by atoms with Gasteiger partial charge < -0.3 is 11.1 Å². The first-order valence-electron chi connectivity index (χ1n) is 5.97. The summed E-state index contributed by atoms with van der Waals surface area (Å²) in [7, 11) is 0. The molecule has 3 rings (SSSR count). The summed E-state index contributed by atoms with van der Waals surface area (Å²) in [5.41, 5.74) is 7.34. The molecule has 1 aliphatic rings. The summed E-state index contributed by atoms with van der Waals surface area (Å²) < 4.78 is 1.70. The Hall–Kier alpha value is -2.46. The van der Waals surface area contributed by atoms with E-state index in [0.717, 1.165) is 5.56 Å². The molecule has 0 spiro atoms. The Bertz CT molecular complexity index is 712. The number of anilines is 1. The number of benzene rings is 1. The van der Waals surface area contributed by atoms with E-state index in [2.05, 4.69) is 21.5 Å². The highest BCUT2D eigenvalue weighted by Crippen LogP contribution is 2.33. The third-order valence-corrected chi connectivity index (χ3v) is 3.62. The molecule has 0 radical (unpaired) electrons. The predicted molar refractivity (Wildman–Crippen MR) is 76.8 cm³/mol. The number of rotatable bonds is 2. The Morgan fingerprint density at radius 2 is 2.15 bits per heavy atom. The average Bonchev–Trinajstić information content (AvgIpc) is 2.89. The molecule has 20 heavy (non-hydrogen) atoms. The van der Waals surface area contributed by atoms with Crippen molar-refractivity contribution >= 4 is 17.7 Å². The summed E-state index contributed by atoms with van der Waals surface area (Å²) in [5, 5.41) is 17.4. The van der Waals surface area contributed by atoms with Crippen molar-refractivity contribution in [3.8, 4) is 6.07 Å². The second kappa shape index (κ2) is 4.90. The van der Waals surface area contributed by atoms with Crippen molar-refractivity contribution in [3.63, 3.8) is 0 Å². The molecular formula is C13H12N6S. The van der Waals surface area contributed by atoms with Crippen LogP contribution in [0.25, 0.3) is 0 Å². The number of nitrogens with two attached hydrogens (primary N) is 1. The van der Waals surface area contributed by atoms with E-state index >= 15 is 0 Å². The van der Waals surface area contributed by atoms with Gasteiger partial charge in [-0.2, -0.15) is 10.2 Å². The molecule has 0 unspecified atom stereocenters. The van der Waals surface area contributed by atoms with Crippen LogP contribution in [-0.2, 0) is 0 Å². The maximum atomic E-state index is 9.39. The highest BCUT2D eigenvalue weighted by Gasteiger charge is 2.30. The molecule has 0 aliphatic carbocycles. The van der Waals surface area contributed by atoms with E-state index in [-0.39, 0.29) is 6.04 Å². The summed E-state index contributed by atoms with van der Waals surface area (Å²) in [5.74, 6) is 0.883. The number of aromatic nitrogens is 3. The van der Waals surface area contributed by atoms with Crippen molar-refractivity contribution in [1.29, 1.82) is 5.26 Å². The van der Waals surface area contributed by atoms with Crippen LogP contribution in [0.15, 0.2) is 46.9 Å². The molecule has 0 bridgehead atoms. The molecule has 3 N–H and O–H groups in total. The summed E-state index contributed by atoms with van der Waals surface area (Å²) in [6.45, 7) is 0. The molecule has 1 aromatic carbocycles. The molecule has 6 nitrogen and oxygen atoms in total. The number of fused-ring (bicyclic) bond motifs is 1. The van der Waals surface area contributed by atoms with Crippen LogP contribution in [0.3, 0.4) is 0 Å². The lowest BCUT2D eigenvalue weighted by molar-refractivity contribution is 0.574. The summed E-state index contributed by atoms with van der Waals surface area (Å²) in [6, 6.07) is 11.5. The summed E-state index contributed by atoms with van der Waals surface area (Å²) >= 11 is 1.44. The Balaban J connectivity index is 2.19. The van der Waals surface area contributed by atoms with Gasteiger partial charge >= 0.3 is 0 Å². The lowest BCUT2D eigenvalue weighted by atomic mass is 9.98. The lowest BCUT2D eigenvalue weighted by Crippen LogP contribution is -2.28. The Labute approximate surface area is 120 Å². The molecule has 0 saturated carbocycles.